The summed E-state index contributed by atoms with van der Waals surface area (Å²) in [5, 5.41) is 8.90. The van der Waals surface area contributed by atoms with Crippen molar-refractivity contribution in [3.63, 3.8) is 0 Å². The predicted molar refractivity (Wildman–Crippen MR) is 140 cm³/mol. The summed E-state index contributed by atoms with van der Waals surface area (Å²) in [6, 6.07) is 26.2. The third-order valence-electron chi connectivity index (χ3n) is 4.50. The van der Waals surface area contributed by atoms with E-state index in [1.807, 2.05) is 84.9 Å². The van der Waals surface area contributed by atoms with E-state index in [4.69, 9.17) is 47.0 Å². The fourth-order valence-electron chi connectivity index (χ4n) is 3.08. The molecule has 0 aromatic heterocycles. The molecule has 0 fully saturated rings. The number of hydrogen-bond donors (Lipinski definition) is 3. The number of amides is 1. The third kappa shape index (κ3) is 7.09. The molecule has 3 aromatic rings. The number of carbonyl (C=O) groups excluding carboxylic acids is 1. The van der Waals surface area contributed by atoms with Crippen LogP contribution in [0, 0.1) is 0 Å². The summed E-state index contributed by atoms with van der Waals surface area (Å²) in [6.07, 6.45) is -1.08. The van der Waals surface area contributed by atoms with E-state index in [2.05, 4.69) is 31.9 Å². The number of rotatable bonds is 6. The zero-order valence-corrected chi connectivity index (χ0v) is 21.2. The van der Waals surface area contributed by atoms with Gasteiger partial charge in [0.05, 0.1) is 5.92 Å². The smallest absolute Gasteiger partial charge is 0.233 e. The van der Waals surface area contributed by atoms with Gasteiger partial charge in [-0.1, -0.05) is 117 Å². The van der Waals surface area contributed by atoms with Crippen molar-refractivity contribution in [1.82, 2.24) is 10.6 Å². The first-order chi connectivity index (χ1) is 15.2. The zero-order chi connectivity index (χ0) is 23.1. The maximum atomic E-state index is 13.4. The van der Waals surface area contributed by atoms with Crippen molar-refractivity contribution in [2.75, 3.05) is 5.32 Å². The van der Waals surface area contributed by atoms with Gasteiger partial charge in [0.1, 0.15) is 6.17 Å². The van der Waals surface area contributed by atoms with Crippen molar-refractivity contribution < 1.29 is 4.79 Å². The first-order valence-electron chi connectivity index (χ1n) is 9.54. The molecule has 0 saturated heterocycles. The maximum absolute atomic E-state index is 13.4. The Morgan fingerprint density at radius 2 is 1.41 bits per heavy atom. The van der Waals surface area contributed by atoms with Gasteiger partial charge in [-0.2, -0.15) is 0 Å². The lowest BCUT2D eigenvalue weighted by Gasteiger charge is -2.29. The molecule has 3 aromatic carbocycles. The van der Waals surface area contributed by atoms with Crippen LogP contribution in [0.5, 0.6) is 0 Å². The Kier molecular flexibility index (Phi) is 8.79. The van der Waals surface area contributed by atoms with Gasteiger partial charge in [-0.05, 0) is 41.5 Å². The Balaban J connectivity index is 1.80. The quantitative estimate of drug-likeness (QED) is 0.183. The molecule has 0 aliphatic rings. The van der Waals surface area contributed by atoms with Crippen LogP contribution in [0.2, 0.25) is 0 Å². The number of nitrogens with one attached hydrogen (secondary N) is 3. The Morgan fingerprint density at radius 3 is 1.91 bits per heavy atom. The van der Waals surface area contributed by atoms with Crippen LogP contribution in [-0.4, -0.2) is 21.0 Å². The molecule has 0 aliphatic heterocycles. The molecule has 0 aliphatic carbocycles. The highest BCUT2D eigenvalue weighted by molar-refractivity contribution is 9.10. The van der Waals surface area contributed by atoms with Crippen molar-refractivity contribution in [3.8, 4) is 0 Å². The molecule has 0 saturated carbocycles. The highest BCUT2D eigenvalue weighted by Crippen LogP contribution is 2.31. The first kappa shape index (κ1) is 24.8. The van der Waals surface area contributed by atoms with E-state index >= 15 is 0 Å². The van der Waals surface area contributed by atoms with E-state index in [9.17, 15) is 4.79 Å². The first-order valence-corrected chi connectivity index (χ1v) is 11.9. The van der Waals surface area contributed by atoms with E-state index in [0.717, 1.165) is 21.3 Å². The molecule has 3 rings (SSSR count). The lowest BCUT2D eigenvalue weighted by Crippen LogP contribution is -2.57. The second-order valence-corrected chi connectivity index (χ2v) is 10.5. The van der Waals surface area contributed by atoms with Crippen molar-refractivity contribution >= 4 is 79.7 Å². The van der Waals surface area contributed by atoms with Gasteiger partial charge >= 0.3 is 0 Å². The van der Waals surface area contributed by atoms with Gasteiger partial charge in [-0.25, -0.2) is 0 Å². The molecule has 1 amide bonds. The molecule has 0 radical (unpaired) electrons. The molecule has 0 bridgehead atoms. The van der Waals surface area contributed by atoms with Crippen molar-refractivity contribution in [3.05, 3.63) is 101 Å². The summed E-state index contributed by atoms with van der Waals surface area (Å²) in [6.45, 7) is 0. The van der Waals surface area contributed by atoms with Gasteiger partial charge in [0, 0.05) is 10.2 Å². The van der Waals surface area contributed by atoms with E-state index < -0.39 is 15.9 Å². The number of thiocarbonyl (C=S) groups is 1. The van der Waals surface area contributed by atoms with Crippen molar-refractivity contribution in [2.45, 2.75) is 15.9 Å². The molecule has 3 N–H and O–H groups in total. The SMILES string of the molecule is O=C(N[C@H](NC(=S)Nc1cccc(Br)c1)C(Cl)(Cl)Cl)C(c1ccccc1)c1ccccc1. The van der Waals surface area contributed by atoms with Crippen molar-refractivity contribution in [2.24, 2.45) is 0 Å². The number of hydrogen-bond acceptors (Lipinski definition) is 2. The number of halogens is 4. The maximum Gasteiger partial charge on any atom is 0.233 e. The number of alkyl halides is 3. The van der Waals surface area contributed by atoms with E-state index in [-0.39, 0.29) is 11.0 Å². The minimum Gasteiger partial charge on any atom is -0.339 e. The van der Waals surface area contributed by atoms with Gasteiger partial charge < -0.3 is 16.0 Å². The summed E-state index contributed by atoms with van der Waals surface area (Å²) in [4.78, 5) is 13.4. The van der Waals surface area contributed by atoms with Crippen LogP contribution in [0.25, 0.3) is 0 Å². The Morgan fingerprint density at radius 1 is 0.844 bits per heavy atom. The fourth-order valence-corrected chi connectivity index (χ4v) is 4.04. The Bertz CT molecular complexity index is 1030. The third-order valence-corrected chi connectivity index (χ3v) is 5.87. The van der Waals surface area contributed by atoms with Crippen LogP contribution < -0.4 is 16.0 Å². The van der Waals surface area contributed by atoms with E-state index in [0.29, 0.717) is 0 Å². The monoisotopic (exact) mass is 569 g/mol. The summed E-state index contributed by atoms with van der Waals surface area (Å²) >= 11 is 27.3. The van der Waals surface area contributed by atoms with Gasteiger partial charge in [-0.15, -0.1) is 0 Å². The summed E-state index contributed by atoms with van der Waals surface area (Å²) < 4.78 is -0.985. The molecular weight excluding hydrogens is 553 g/mol. The molecule has 4 nitrogen and oxygen atoms in total. The summed E-state index contributed by atoms with van der Waals surface area (Å²) in [7, 11) is 0. The molecule has 32 heavy (non-hydrogen) atoms. The van der Waals surface area contributed by atoms with Crippen molar-refractivity contribution in [1.29, 1.82) is 0 Å². The van der Waals surface area contributed by atoms with Gasteiger partial charge in [0.15, 0.2) is 5.11 Å². The molecule has 0 heterocycles. The van der Waals surface area contributed by atoms with E-state index in [1.54, 1.807) is 0 Å². The van der Waals surface area contributed by atoms with Gasteiger partial charge in [-0.3, -0.25) is 4.79 Å². The largest absolute Gasteiger partial charge is 0.339 e. The van der Waals surface area contributed by atoms with Crippen LogP contribution in [0.1, 0.15) is 17.0 Å². The second kappa shape index (κ2) is 11.3. The lowest BCUT2D eigenvalue weighted by molar-refractivity contribution is -0.122. The highest BCUT2D eigenvalue weighted by atomic mass is 79.9. The molecule has 1 atom stereocenters. The minimum absolute atomic E-state index is 0.190. The van der Waals surface area contributed by atoms with Gasteiger partial charge in [0.2, 0.25) is 9.70 Å². The van der Waals surface area contributed by atoms with Crippen LogP contribution in [0.15, 0.2) is 89.4 Å². The van der Waals surface area contributed by atoms with E-state index in [1.165, 1.54) is 0 Å². The predicted octanol–water partition coefficient (Wildman–Crippen LogP) is 6.38. The number of carbonyl (C=O) groups is 1. The molecule has 0 unspecified atom stereocenters. The Labute approximate surface area is 215 Å². The average molecular weight is 572 g/mol. The van der Waals surface area contributed by atoms with Crippen LogP contribution in [-0.2, 0) is 4.79 Å². The van der Waals surface area contributed by atoms with Crippen LogP contribution >= 0.6 is 63.0 Å². The lowest BCUT2D eigenvalue weighted by atomic mass is 9.90. The fraction of sp³-hybridized carbons (Fsp3) is 0.130. The van der Waals surface area contributed by atoms with Gasteiger partial charge in [0.25, 0.3) is 0 Å². The standard InChI is InChI=1S/C23H19BrCl3N3OS/c24-17-12-7-13-18(14-17)28-22(32)30-21(23(25,26)27)29-20(31)19(15-8-3-1-4-9-15)16-10-5-2-6-11-16/h1-14,19,21H,(H,29,31)(H2,28,30,32)/t21-/m1/s1. The molecule has 0 spiro atoms. The number of anilines is 1. The summed E-state index contributed by atoms with van der Waals surface area (Å²) in [5.41, 5.74) is 2.36. The van der Waals surface area contributed by atoms with Crippen LogP contribution in [0.3, 0.4) is 0 Å². The zero-order valence-electron chi connectivity index (χ0n) is 16.6. The Hall–Kier alpha value is -1.83. The topological polar surface area (TPSA) is 53.2 Å². The second-order valence-electron chi connectivity index (χ2n) is 6.85. The minimum atomic E-state index is -1.86. The van der Waals surface area contributed by atoms with Crippen LogP contribution in [0.4, 0.5) is 5.69 Å². The number of benzene rings is 3. The normalized spacial score (nSPS) is 12.2. The highest BCUT2D eigenvalue weighted by Gasteiger charge is 2.36. The average Bonchev–Trinajstić information content (AvgIpc) is 2.74. The molecule has 166 valence electrons. The summed E-state index contributed by atoms with van der Waals surface area (Å²) in [5.74, 6) is -0.933. The molecule has 9 heteroatoms. The molecular formula is C23H19BrCl3N3OS.